The van der Waals surface area contributed by atoms with Crippen molar-refractivity contribution in [3.63, 3.8) is 0 Å². The maximum absolute atomic E-state index is 13.8. The summed E-state index contributed by atoms with van der Waals surface area (Å²) in [6, 6.07) is 6.09. The molecule has 0 unspecified atom stereocenters. The Hall–Kier alpha value is -0.320. The molecule has 2 N–H and O–H groups in total. The molecule has 17 heavy (non-hydrogen) atoms. The molecule has 2 aromatic rings. The molecule has 0 amide bonds. The van der Waals surface area contributed by atoms with Crippen molar-refractivity contribution < 1.29 is 4.39 Å². The van der Waals surface area contributed by atoms with Crippen molar-refractivity contribution in [2.45, 2.75) is 6.04 Å². The number of hydrogen-bond donors (Lipinski definition) is 1. The molecule has 0 bridgehead atoms. The fourth-order valence-electron chi connectivity index (χ4n) is 1.44. The number of rotatable bonds is 2. The first-order chi connectivity index (χ1) is 7.61. The Morgan fingerprint density at radius 1 is 1.18 bits per heavy atom. The summed E-state index contributed by atoms with van der Waals surface area (Å²) in [5.41, 5.74) is 6.21. The molecule has 1 nitrogen and oxygen atoms in total. The molecule has 1 heterocycles. The van der Waals surface area contributed by atoms with Crippen molar-refractivity contribution in [1.29, 1.82) is 0 Å². The monoisotopic (exact) mass is 311 g/mol. The van der Waals surface area contributed by atoms with Crippen LogP contribution in [0.2, 0.25) is 10.0 Å². The van der Waals surface area contributed by atoms with Gasteiger partial charge in [-0.3, -0.25) is 0 Å². The van der Waals surface area contributed by atoms with Gasteiger partial charge in [-0.05, 0) is 23.6 Å². The van der Waals surface area contributed by atoms with E-state index in [4.69, 9.17) is 28.9 Å². The van der Waals surface area contributed by atoms with Crippen molar-refractivity contribution in [1.82, 2.24) is 0 Å². The van der Waals surface area contributed by atoms with Crippen LogP contribution in [0.4, 0.5) is 4.39 Å². The fraction of sp³-hybridized carbons (Fsp3) is 0.0909. The first kappa shape index (κ1) is 14.7. The van der Waals surface area contributed by atoms with E-state index in [0.29, 0.717) is 5.02 Å². The Bertz CT molecular complexity index is 502. The van der Waals surface area contributed by atoms with E-state index in [1.165, 1.54) is 17.4 Å². The Balaban J connectivity index is 0.00000144. The zero-order valence-electron chi connectivity index (χ0n) is 8.49. The Kier molecular flexibility index (Phi) is 5.22. The third-order valence-corrected chi connectivity index (χ3v) is 3.82. The summed E-state index contributed by atoms with van der Waals surface area (Å²) >= 11 is 13.1. The lowest BCUT2D eigenvalue weighted by atomic mass is 10.1. The van der Waals surface area contributed by atoms with E-state index in [1.54, 1.807) is 6.07 Å². The van der Waals surface area contributed by atoms with Gasteiger partial charge in [0.1, 0.15) is 5.82 Å². The molecule has 0 aliphatic carbocycles. The van der Waals surface area contributed by atoms with Crippen LogP contribution in [0.15, 0.2) is 29.6 Å². The molecule has 1 atom stereocenters. The van der Waals surface area contributed by atoms with Crippen LogP contribution in [-0.4, -0.2) is 0 Å². The third kappa shape index (κ3) is 2.92. The van der Waals surface area contributed by atoms with Gasteiger partial charge in [0.25, 0.3) is 0 Å². The van der Waals surface area contributed by atoms with Crippen LogP contribution in [0.3, 0.4) is 0 Å². The second-order valence-electron chi connectivity index (χ2n) is 3.25. The zero-order valence-corrected chi connectivity index (χ0v) is 11.6. The van der Waals surface area contributed by atoms with E-state index in [2.05, 4.69) is 0 Å². The minimum absolute atomic E-state index is 0. The number of nitrogens with two attached hydrogens (primary N) is 1. The topological polar surface area (TPSA) is 26.0 Å². The summed E-state index contributed by atoms with van der Waals surface area (Å²) in [5.74, 6) is -0.546. The van der Waals surface area contributed by atoms with Gasteiger partial charge in [-0.2, -0.15) is 0 Å². The average Bonchev–Trinajstić information content (AvgIpc) is 2.77. The minimum atomic E-state index is -0.578. The van der Waals surface area contributed by atoms with E-state index in [-0.39, 0.29) is 23.0 Å². The van der Waals surface area contributed by atoms with Crippen LogP contribution in [0.25, 0.3) is 0 Å². The predicted molar refractivity (Wildman–Crippen MR) is 74.0 cm³/mol. The lowest BCUT2D eigenvalue weighted by molar-refractivity contribution is 0.601. The van der Waals surface area contributed by atoms with Gasteiger partial charge >= 0.3 is 0 Å². The zero-order chi connectivity index (χ0) is 11.7. The number of benzene rings is 1. The maximum atomic E-state index is 13.8. The van der Waals surface area contributed by atoms with Crippen LogP contribution < -0.4 is 5.73 Å². The molecule has 0 radical (unpaired) electrons. The highest BCUT2D eigenvalue weighted by atomic mass is 35.5. The van der Waals surface area contributed by atoms with Gasteiger partial charge in [0.05, 0.1) is 11.1 Å². The van der Waals surface area contributed by atoms with Gasteiger partial charge < -0.3 is 5.73 Å². The van der Waals surface area contributed by atoms with Crippen molar-refractivity contribution in [2.24, 2.45) is 5.73 Å². The molecule has 0 aliphatic rings. The van der Waals surface area contributed by atoms with Crippen LogP contribution in [0.5, 0.6) is 0 Å². The van der Waals surface area contributed by atoms with Crippen LogP contribution >= 0.6 is 46.9 Å². The molecule has 1 aromatic carbocycles. The second kappa shape index (κ2) is 6.03. The quantitative estimate of drug-likeness (QED) is 0.802. The third-order valence-electron chi connectivity index (χ3n) is 2.24. The fourth-order valence-corrected chi connectivity index (χ4v) is 2.60. The van der Waals surface area contributed by atoms with Crippen LogP contribution in [-0.2, 0) is 0 Å². The molecule has 0 saturated carbocycles. The molecule has 2 rings (SSSR count). The molecular weight excluding hydrogens is 304 g/mol. The molecular formula is C11H9Cl3FNS. The SMILES string of the molecule is Cl.N[C@H](c1cccs1)c1c(Cl)ccc(Cl)c1F. The van der Waals surface area contributed by atoms with Gasteiger partial charge in [-0.1, -0.05) is 29.3 Å². The molecule has 6 heteroatoms. The molecule has 92 valence electrons. The Labute approximate surface area is 119 Å². The van der Waals surface area contributed by atoms with Crippen molar-refractivity contribution in [3.05, 3.63) is 55.9 Å². The largest absolute Gasteiger partial charge is 0.319 e. The average molecular weight is 313 g/mol. The second-order valence-corrected chi connectivity index (χ2v) is 5.04. The van der Waals surface area contributed by atoms with E-state index >= 15 is 0 Å². The van der Waals surface area contributed by atoms with E-state index < -0.39 is 11.9 Å². The van der Waals surface area contributed by atoms with Gasteiger partial charge in [0.2, 0.25) is 0 Å². The van der Waals surface area contributed by atoms with Crippen molar-refractivity contribution >= 4 is 46.9 Å². The maximum Gasteiger partial charge on any atom is 0.148 e. The van der Waals surface area contributed by atoms with E-state index in [0.717, 1.165) is 4.88 Å². The standard InChI is InChI=1S/C11H8Cl2FNS.ClH/c12-6-3-4-7(13)10(14)9(6)11(15)8-2-1-5-16-8;/h1-5,11H,15H2;1H/t11-;/m1./s1. The lowest BCUT2D eigenvalue weighted by Gasteiger charge is -2.13. The van der Waals surface area contributed by atoms with Gasteiger partial charge in [-0.15, -0.1) is 23.7 Å². The van der Waals surface area contributed by atoms with Gasteiger partial charge in [0.15, 0.2) is 0 Å². The number of hydrogen-bond acceptors (Lipinski definition) is 2. The normalized spacial score (nSPS) is 12.0. The summed E-state index contributed by atoms with van der Waals surface area (Å²) in [6.07, 6.45) is 0. The lowest BCUT2D eigenvalue weighted by Crippen LogP contribution is -2.13. The van der Waals surface area contributed by atoms with Crippen LogP contribution in [0, 0.1) is 5.82 Å². The van der Waals surface area contributed by atoms with Crippen molar-refractivity contribution in [3.8, 4) is 0 Å². The highest BCUT2D eigenvalue weighted by Gasteiger charge is 2.19. The van der Waals surface area contributed by atoms with Crippen molar-refractivity contribution in [2.75, 3.05) is 0 Å². The summed E-state index contributed by atoms with van der Waals surface area (Å²) in [5, 5.41) is 2.21. The first-order valence-corrected chi connectivity index (χ1v) is 6.17. The molecule has 0 fully saturated rings. The Morgan fingerprint density at radius 3 is 2.41 bits per heavy atom. The van der Waals surface area contributed by atoms with E-state index in [1.807, 2.05) is 17.5 Å². The van der Waals surface area contributed by atoms with E-state index in [9.17, 15) is 4.39 Å². The predicted octanol–water partition coefficient (Wildman–Crippen LogP) is 4.66. The Morgan fingerprint density at radius 2 is 1.82 bits per heavy atom. The number of thiophene rings is 1. The number of halogens is 4. The molecule has 0 spiro atoms. The van der Waals surface area contributed by atoms with Gasteiger partial charge in [-0.25, -0.2) is 4.39 Å². The minimum Gasteiger partial charge on any atom is -0.319 e. The summed E-state index contributed by atoms with van der Waals surface area (Å²) < 4.78 is 13.8. The first-order valence-electron chi connectivity index (χ1n) is 4.53. The molecule has 0 aliphatic heterocycles. The highest BCUT2D eigenvalue weighted by molar-refractivity contribution is 7.10. The molecule has 0 saturated heterocycles. The molecule has 1 aromatic heterocycles. The smallest absolute Gasteiger partial charge is 0.148 e. The van der Waals surface area contributed by atoms with Crippen LogP contribution in [0.1, 0.15) is 16.5 Å². The summed E-state index contributed by atoms with van der Waals surface area (Å²) in [6.45, 7) is 0. The summed E-state index contributed by atoms with van der Waals surface area (Å²) in [4.78, 5) is 0.850. The van der Waals surface area contributed by atoms with Gasteiger partial charge in [0, 0.05) is 15.5 Å². The summed E-state index contributed by atoms with van der Waals surface area (Å²) in [7, 11) is 0. The highest BCUT2D eigenvalue weighted by Crippen LogP contribution is 2.33.